The van der Waals surface area contributed by atoms with Crippen LogP contribution in [0.5, 0.6) is 0 Å². The highest BCUT2D eigenvalue weighted by atomic mass is 127. The average molecular weight is 354 g/mol. The SMILES string of the molecule is COC(=O)/C(=C\C[C@H](O)[C@@H](C)/C=C(\C)I)OC. The highest BCUT2D eigenvalue weighted by molar-refractivity contribution is 14.1. The second-order valence-electron chi connectivity index (χ2n) is 3.68. The summed E-state index contributed by atoms with van der Waals surface area (Å²) in [7, 11) is 2.68. The van der Waals surface area contributed by atoms with Gasteiger partial charge in [-0.05, 0) is 45.6 Å². The number of hydrogen-bond donors (Lipinski definition) is 1. The topological polar surface area (TPSA) is 55.8 Å². The number of allylic oxidation sites excluding steroid dienone is 1. The summed E-state index contributed by atoms with van der Waals surface area (Å²) in [6.45, 7) is 3.89. The van der Waals surface area contributed by atoms with Gasteiger partial charge in [0.15, 0.2) is 5.76 Å². The van der Waals surface area contributed by atoms with E-state index in [1.165, 1.54) is 14.2 Å². The minimum atomic E-state index is -0.547. The van der Waals surface area contributed by atoms with Crippen molar-refractivity contribution in [2.45, 2.75) is 26.4 Å². The summed E-state index contributed by atoms with van der Waals surface area (Å²) >= 11 is 2.19. The molecule has 0 aromatic rings. The summed E-state index contributed by atoms with van der Waals surface area (Å²) in [6, 6.07) is 0. The fourth-order valence-corrected chi connectivity index (χ4v) is 1.83. The molecule has 0 aromatic carbocycles. The van der Waals surface area contributed by atoms with E-state index in [-0.39, 0.29) is 11.7 Å². The molecule has 4 nitrogen and oxygen atoms in total. The highest BCUT2D eigenvalue weighted by Gasteiger charge is 2.14. The van der Waals surface area contributed by atoms with Crippen molar-refractivity contribution < 1.29 is 19.4 Å². The first kappa shape index (κ1) is 16.4. The van der Waals surface area contributed by atoms with Gasteiger partial charge in [0.25, 0.3) is 0 Å². The summed E-state index contributed by atoms with van der Waals surface area (Å²) in [5.41, 5.74) is 0. The van der Waals surface area contributed by atoms with E-state index in [2.05, 4.69) is 27.3 Å². The van der Waals surface area contributed by atoms with Crippen LogP contribution in [0.25, 0.3) is 0 Å². The smallest absolute Gasteiger partial charge is 0.372 e. The maximum Gasteiger partial charge on any atom is 0.372 e. The van der Waals surface area contributed by atoms with Crippen molar-refractivity contribution in [2.75, 3.05) is 14.2 Å². The monoisotopic (exact) mass is 354 g/mol. The fourth-order valence-electron chi connectivity index (χ4n) is 1.27. The lowest BCUT2D eigenvalue weighted by Crippen LogP contribution is -2.16. The molecule has 0 aliphatic rings. The lowest BCUT2D eigenvalue weighted by molar-refractivity contribution is -0.139. The summed E-state index contributed by atoms with van der Waals surface area (Å²) in [5.74, 6) is -0.388. The Labute approximate surface area is 116 Å². The largest absolute Gasteiger partial charge is 0.490 e. The molecule has 17 heavy (non-hydrogen) atoms. The van der Waals surface area contributed by atoms with Gasteiger partial charge in [-0.25, -0.2) is 4.79 Å². The first-order valence-electron chi connectivity index (χ1n) is 5.26. The van der Waals surface area contributed by atoms with E-state index in [9.17, 15) is 9.90 Å². The Morgan fingerprint density at radius 3 is 2.41 bits per heavy atom. The lowest BCUT2D eigenvalue weighted by Gasteiger charge is -2.14. The van der Waals surface area contributed by atoms with Gasteiger partial charge in [0.1, 0.15) is 0 Å². The molecule has 0 rings (SSSR count). The number of ether oxygens (including phenoxy) is 2. The van der Waals surface area contributed by atoms with Gasteiger partial charge < -0.3 is 14.6 Å². The van der Waals surface area contributed by atoms with Gasteiger partial charge in [-0.1, -0.05) is 13.0 Å². The Kier molecular flexibility index (Phi) is 8.24. The molecule has 0 spiro atoms. The Balaban J connectivity index is 4.47. The van der Waals surface area contributed by atoms with Crippen molar-refractivity contribution in [3.63, 3.8) is 0 Å². The van der Waals surface area contributed by atoms with Crippen molar-refractivity contribution in [1.29, 1.82) is 0 Å². The molecule has 2 atom stereocenters. The van der Waals surface area contributed by atoms with Crippen molar-refractivity contribution in [1.82, 2.24) is 0 Å². The van der Waals surface area contributed by atoms with Crippen LogP contribution in [0.4, 0.5) is 0 Å². The number of halogens is 1. The molecular formula is C12H19IO4. The van der Waals surface area contributed by atoms with Crippen molar-refractivity contribution >= 4 is 28.6 Å². The molecule has 0 saturated heterocycles. The Morgan fingerprint density at radius 2 is 2.00 bits per heavy atom. The molecule has 5 heteroatoms. The van der Waals surface area contributed by atoms with Crippen molar-refractivity contribution in [2.24, 2.45) is 5.92 Å². The Hall–Kier alpha value is -0.560. The number of esters is 1. The standard InChI is InChI=1S/C12H19IO4/c1-8(7-9(2)13)10(14)5-6-11(16-3)12(15)17-4/h6-8,10,14H,5H2,1-4H3/b9-7+,11-6+/t8-,10-/m0/s1. The summed E-state index contributed by atoms with van der Waals surface area (Å²) in [6.07, 6.45) is 3.32. The molecule has 0 fully saturated rings. The van der Waals surface area contributed by atoms with Crippen LogP contribution in [0.15, 0.2) is 21.5 Å². The van der Waals surface area contributed by atoms with Crippen LogP contribution in [0, 0.1) is 5.92 Å². The number of hydrogen-bond acceptors (Lipinski definition) is 4. The molecular weight excluding hydrogens is 335 g/mol. The van der Waals surface area contributed by atoms with Crippen molar-refractivity contribution in [3.8, 4) is 0 Å². The van der Waals surface area contributed by atoms with E-state index in [0.29, 0.717) is 6.42 Å². The van der Waals surface area contributed by atoms with Gasteiger partial charge in [-0.15, -0.1) is 0 Å². The second kappa shape index (κ2) is 8.52. The number of carbonyl (C=O) groups is 1. The maximum absolute atomic E-state index is 11.2. The first-order chi connectivity index (χ1) is 7.92. The number of aliphatic hydroxyl groups excluding tert-OH is 1. The van der Waals surface area contributed by atoms with Crippen LogP contribution in [0.2, 0.25) is 0 Å². The molecule has 0 radical (unpaired) electrons. The van der Waals surface area contributed by atoms with Crippen LogP contribution in [-0.4, -0.2) is 31.4 Å². The summed E-state index contributed by atoms with van der Waals surface area (Å²) < 4.78 is 10.5. The Bertz CT molecular complexity index is 306. The van der Waals surface area contributed by atoms with Gasteiger partial charge in [-0.3, -0.25) is 0 Å². The van der Waals surface area contributed by atoms with Gasteiger partial charge in [0, 0.05) is 5.92 Å². The fraction of sp³-hybridized carbons (Fsp3) is 0.583. The number of aliphatic hydroxyl groups is 1. The second-order valence-corrected chi connectivity index (χ2v) is 5.38. The average Bonchev–Trinajstić information content (AvgIpc) is 2.28. The molecule has 0 amide bonds. The third-order valence-electron chi connectivity index (χ3n) is 2.25. The van der Waals surface area contributed by atoms with E-state index in [1.807, 2.05) is 19.9 Å². The predicted octanol–water partition coefficient (Wildman–Crippen LogP) is 2.42. The maximum atomic E-state index is 11.2. The molecule has 0 aromatic heterocycles. The van der Waals surface area contributed by atoms with Gasteiger partial charge >= 0.3 is 5.97 Å². The highest BCUT2D eigenvalue weighted by Crippen LogP contribution is 2.16. The van der Waals surface area contributed by atoms with Crippen LogP contribution in [0.1, 0.15) is 20.3 Å². The molecule has 0 bridgehead atoms. The van der Waals surface area contributed by atoms with Crippen LogP contribution >= 0.6 is 22.6 Å². The van der Waals surface area contributed by atoms with E-state index in [4.69, 9.17) is 4.74 Å². The zero-order valence-electron chi connectivity index (χ0n) is 10.6. The van der Waals surface area contributed by atoms with E-state index in [1.54, 1.807) is 6.08 Å². The molecule has 1 N–H and O–H groups in total. The Morgan fingerprint density at radius 1 is 1.41 bits per heavy atom. The van der Waals surface area contributed by atoms with Crippen molar-refractivity contribution in [3.05, 3.63) is 21.5 Å². The number of methoxy groups -OCH3 is 2. The third-order valence-corrected chi connectivity index (χ3v) is 2.61. The zero-order valence-corrected chi connectivity index (χ0v) is 12.7. The lowest BCUT2D eigenvalue weighted by atomic mass is 10.0. The van der Waals surface area contributed by atoms with Gasteiger partial charge in [-0.2, -0.15) is 0 Å². The van der Waals surface area contributed by atoms with E-state index < -0.39 is 12.1 Å². The van der Waals surface area contributed by atoms with Crippen LogP contribution < -0.4 is 0 Å². The quantitative estimate of drug-likeness (QED) is 0.345. The van der Waals surface area contributed by atoms with Gasteiger partial charge in [0.2, 0.25) is 0 Å². The summed E-state index contributed by atoms with van der Waals surface area (Å²) in [4.78, 5) is 11.2. The minimum absolute atomic E-state index is 0.0268. The molecule has 98 valence electrons. The van der Waals surface area contributed by atoms with Crippen LogP contribution in [0.3, 0.4) is 0 Å². The molecule has 0 heterocycles. The minimum Gasteiger partial charge on any atom is -0.490 e. The van der Waals surface area contributed by atoms with Crippen LogP contribution in [-0.2, 0) is 14.3 Å². The van der Waals surface area contributed by atoms with Gasteiger partial charge in [0.05, 0.1) is 20.3 Å². The number of rotatable bonds is 6. The first-order valence-corrected chi connectivity index (χ1v) is 6.34. The predicted molar refractivity (Wildman–Crippen MR) is 74.7 cm³/mol. The molecule has 0 aliphatic heterocycles. The number of carbonyl (C=O) groups excluding carboxylic acids is 1. The molecule has 0 aliphatic carbocycles. The zero-order chi connectivity index (χ0) is 13.4. The van der Waals surface area contributed by atoms with E-state index in [0.717, 1.165) is 3.58 Å². The van der Waals surface area contributed by atoms with E-state index >= 15 is 0 Å². The summed E-state index contributed by atoms with van der Waals surface area (Å²) in [5, 5.41) is 9.87. The molecule has 0 unspecified atom stereocenters. The molecule has 0 saturated carbocycles. The third kappa shape index (κ3) is 6.68. The normalized spacial score (nSPS) is 16.4.